The lowest BCUT2D eigenvalue weighted by Crippen LogP contribution is -2.15. The van der Waals surface area contributed by atoms with Crippen molar-refractivity contribution in [3.63, 3.8) is 0 Å². The molecule has 2 aromatic heterocycles. The second-order valence-corrected chi connectivity index (χ2v) is 6.97. The van der Waals surface area contributed by atoms with Gasteiger partial charge in [-0.15, -0.1) is 10.2 Å². The smallest absolute Gasteiger partial charge is 0.258 e. The Bertz CT molecular complexity index is 1200. The van der Waals surface area contributed by atoms with Crippen molar-refractivity contribution < 1.29 is 9.59 Å². The zero-order chi connectivity index (χ0) is 20.4. The molecule has 0 saturated heterocycles. The molecule has 2 amide bonds. The van der Waals surface area contributed by atoms with Crippen LogP contribution in [0.2, 0.25) is 10.0 Å². The molecule has 0 aliphatic rings. The van der Waals surface area contributed by atoms with E-state index < -0.39 is 0 Å². The number of hydrogen-bond acceptors (Lipinski definition) is 4. The third kappa shape index (κ3) is 4.21. The van der Waals surface area contributed by atoms with Crippen LogP contribution in [0.4, 0.5) is 11.6 Å². The summed E-state index contributed by atoms with van der Waals surface area (Å²) >= 11 is 11.9. The number of amides is 2. The predicted molar refractivity (Wildman–Crippen MR) is 112 cm³/mol. The van der Waals surface area contributed by atoms with E-state index in [-0.39, 0.29) is 11.8 Å². The molecule has 0 unspecified atom stereocenters. The maximum absolute atomic E-state index is 12.5. The zero-order valence-electron chi connectivity index (χ0n) is 14.8. The molecule has 9 heteroatoms. The van der Waals surface area contributed by atoms with Crippen LogP contribution in [0.15, 0.2) is 66.9 Å². The Kier molecular flexibility index (Phi) is 5.16. The number of hydrogen-bond donors (Lipinski definition) is 2. The lowest BCUT2D eigenvalue weighted by atomic mass is 10.1. The Morgan fingerprint density at radius 1 is 0.793 bits per heavy atom. The molecular weight excluding hydrogens is 413 g/mol. The second kappa shape index (κ2) is 7.90. The number of anilines is 2. The van der Waals surface area contributed by atoms with Gasteiger partial charge in [0.15, 0.2) is 5.65 Å². The summed E-state index contributed by atoms with van der Waals surface area (Å²) in [5.41, 5.74) is 1.89. The number of carbonyl (C=O) groups is 2. The number of nitrogens with zero attached hydrogens (tertiary/aromatic N) is 3. The first-order chi connectivity index (χ1) is 14.0. The molecule has 2 aromatic carbocycles. The van der Waals surface area contributed by atoms with Crippen LogP contribution >= 0.6 is 23.2 Å². The molecule has 2 heterocycles. The summed E-state index contributed by atoms with van der Waals surface area (Å²) < 4.78 is 1.67. The molecule has 0 atom stereocenters. The van der Waals surface area contributed by atoms with Crippen molar-refractivity contribution >= 4 is 52.3 Å². The van der Waals surface area contributed by atoms with Gasteiger partial charge in [-0.05, 0) is 54.6 Å². The monoisotopic (exact) mass is 425 g/mol. The highest BCUT2D eigenvalue weighted by Crippen LogP contribution is 2.20. The van der Waals surface area contributed by atoms with E-state index >= 15 is 0 Å². The lowest BCUT2D eigenvalue weighted by molar-refractivity contribution is 0.101. The van der Waals surface area contributed by atoms with Crippen molar-refractivity contribution in [3.05, 3.63) is 88.0 Å². The van der Waals surface area contributed by atoms with Crippen molar-refractivity contribution in [2.24, 2.45) is 0 Å². The van der Waals surface area contributed by atoms with E-state index in [0.717, 1.165) is 0 Å². The predicted octanol–water partition coefficient (Wildman–Crippen LogP) is 4.54. The summed E-state index contributed by atoms with van der Waals surface area (Å²) in [5, 5.41) is 14.1. The maximum atomic E-state index is 12.5. The highest BCUT2D eigenvalue weighted by molar-refractivity contribution is 6.35. The van der Waals surface area contributed by atoms with Crippen molar-refractivity contribution in [1.29, 1.82) is 0 Å². The Hall–Kier alpha value is -3.42. The second-order valence-electron chi connectivity index (χ2n) is 6.10. The highest BCUT2D eigenvalue weighted by Gasteiger charge is 2.12. The fourth-order valence-corrected chi connectivity index (χ4v) is 3.22. The van der Waals surface area contributed by atoms with Gasteiger partial charge in [-0.3, -0.25) is 19.3 Å². The van der Waals surface area contributed by atoms with Crippen molar-refractivity contribution in [3.8, 4) is 0 Å². The molecular formula is C20H13Cl2N5O2. The summed E-state index contributed by atoms with van der Waals surface area (Å²) in [5.74, 6) is -0.384. The molecule has 0 aliphatic carbocycles. The third-order valence-electron chi connectivity index (χ3n) is 4.07. The molecule has 29 heavy (non-hydrogen) atoms. The van der Waals surface area contributed by atoms with Gasteiger partial charge in [0.05, 0.1) is 0 Å². The molecule has 0 saturated carbocycles. The minimum absolute atomic E-state index is 0.320. The van der Waals surface area contributed by atoms with Crippen LogP contribution in [0, 0.1) is 0 Å². The van der Waals surface area contributed by atoms with E-state index in [4.69, 9.17) is 23.2 Å². The number of rotatable bonds is 4. The van der Waals surface area contributed by atoms with Crippen molar-refractivity contribution in [2.75, 3.05) is 10.6 Å². The van der Waals surface area contributed by atoms with Crippen LogP contribution in [0.5, 0.6) is 0 Å². The van der Waals surface area contributed by atoms with Crippen LogP contribution in [0.3, 0.4) is 0 Å². The summed E-state index contributed by atoms with van der Waals surface area (Å²) in [6.07, 6.45) is 1.76. The van der Waals surface area contributed by atoms with Crippen LogP contribution in [0.25, 0.3) is 5.65 Å². The largest absolute Gasteiger partial charge is 0.322 e. The number of pyridine rings is 1. The van der Waals surface area contributed by atoms with Gasteiger partial charge < -0.3 is 5.32 Å². The van der Waals surface area contributed by atoms with Crippen LogP contribution < -0.4 is 10.6 Å². The summed E-state index contributed by atoms with van der Waals surface area (Å²) in [6.45, 7) is 0. The lowest BCUT2D eigenvalue weighted by Gasteiger charge is -2.08. The molecule has 0 radical (unpaired) electrons. The van der Waals surface area contributed by atoms with E-state index in [2.05, 4.69) is 20.8 Å². The normalized spacial score (nSPS) is 10.7. The molecule has 7 nitrogen and oxygen atoms in total. The first-order valence-corrected chi connectivity index (χ1v) is 9.24. The first-order valence-electron chi connectivity index (χ1n) is 8.48. The van der Waals surface area contributed by atoms with E-state index in [1.165, 1.54) is 12.1 Å². The van der Waals surface area contributed by atoms with Gasteiger partial charge in [0.25, 0.3) is 11.8 Å². The number of fused-ring (bicyclic) bond motifs is 1. The number of nitrogens with one attached hydrogen (secondary N) is 2. The molecule has 0 fully saturated rings. The number of halogens is 2. The van der Waals surface area contributed by atoms with Gasteiger partial charge in [-0.25, -0.2) is 0 Å². The number of carbonyl (C=O) groups excluding carboxylic acids is 2. The molecule has 0 spiro atoms. The van der Waals surface area contributed by atoms with Gasteiger partial charge in [-0.2, -0.15) is 0 Å². The molecule has 4 rings (SSSR count). The molecule has 2 N–H and O–H groups in total. The van der Waals surface area contributed by atoms with Gasteiger partial charge in [0.2, 0.25) is 5.95 Å². The summed E-state index contributed by atoms with van der Waals surface area (Å²) in [4.78, 5) is 24.8. The van der Waals surface area contributed by atoms with Crippen molar-refractivity contribution in [2.45, 2.75) is 0 Å². The highest BCUT2D eigenvalue weighted by atomic mass is 35.5. The maximum Gasteiger partial charge on any atom is 0.258 e. The Morgan fingerprint density at radius 3 is 2.21 bits per heavy atom. The SMILES string of the molecule is O=C(Nc1ccc(C(=O)Nc2nnc3ccccn23)cc1)c1cc(Cl)cc(Cl)c1. The average molecular weight is 426 g/mol. The Morgan fingerprint density at radius 2 is 1.48 bits per heavy atom. The van der Waals surface area contributed by atoms with E-state index in [9.17, 15) is 9.59 Å². The fourth-order valence-electron chi connectivity index (χ4n) is 2.69. The topological polar surface area (TPSA) is 88.4 Å². The Labute approximate surface area is 175 Å². The molecule has 0 aliphatic heterocycles. The quantitative estimate of drug-likeness (QED) is 0.502. The molecule has 0 bridgehead atoms. The average Bonchev–Trinajstić information content (AvgIpc) is 3.11. The number of aromatic nitrogens is 3. The minimum atomic E-state index is -0.360. The van der Waals surface area contributed by atoms with Crippen LogP contribution in [-0.4, -0.2) is 26.4 Å². The van der Waals surface area contributed by atoms with E-state index in [1.807, 2.05) is 12.1 Å². The minimum Gasteiger partial charge on any atom is -0.322 e. The van der Waals surface area contributed by atoms with Crippen LogP contribution in [0.1, 0.15) is 20.7 Å². The van der Waals surface area contributed by atoms with Crippen molar-refractivity contribution in [1.82, 2.24) is 14.6 Å². The Balaban J connectivity index is 1.46. The van der Waals surface area contributed by atoms with E-state index in [0.29, 0.717) is 38.5 Å². The number of benzene rings is 2. The van der Waals surface area contributed by atoms with Gasteiger partial charge in [0.1, 0.15) is 0 Å². The van der Waals surface area contributed by atoms with Gasteiger partial charge in [0, 0.05) is 33.1 Å². The van der Waals surface area contributed by atoms with Gasteiger partial charge >= 0.3 is 0 Å². The zero-order valence-corrected chi connectivity index (χ0v) is 16.3. The third-order valence-corrected chi connectivity index (χ3v) is 4.51. The summed E-state index contributed by atoms with van der Waals surface area (Å²) in [7, 11) is 0. The fraction of sp³-hybridized carbons (Fsp3) is 0. The summed E-state index contributed by atoms with van der Waals surface area (Å²) in [6, 6.07) is 16.5. The molecule has 144 valence electrons. The molecule has 4 aromatic rings. The first kappa shape index (κ1) is 18.9. The van der Waals surface area contributed by atoms with Gasteiger partial charge in [-0.1, -0.05) is 29.3 Å². The van der Waals surface area contributed by atoms with E-state index in [1.54, 1.807) is 47.0 Å². The van der Waals surface area contributed by atoms with Crippen LogP contribution in [-0.2, 0) is 0 Å². The standard InChI is InChI=1S/C20H13Cl2N5O2/c21-14-9-13(10-15(22)11-14)19(29)23-16-6-4-12(5-7-16)18(28)24-20-26-25-17-3-1-2-8-27(17)20/h1-11H,(H,23,29)(H,24,26,28).